The monoisotopic (exact) mass is 1310 g/mol. The largest absolute Gasteiger partial charge is 0.477 e. The molecule has 95 heavy (non-hydrogen) atoms. The smallest absolute Gasteiger partial charge is 0.361 e. The first-order valence-electron chi connectivity index (χ1n) is 37.6. The number of aliphatic carboxylic acids is 1. The second kappa shape index (κ2) is 73.9. The Labute approximate surface area is 582 Å². The highest BCUT2D eigenvalue weighted by atomic mass is 16.7. The van der Waals surface area contributed by atoms with Crippen LogP contribution in [0.5, 0.6) is 0 Å². The normalized spacial score (nSPS) is 13.8. The van der Waals surface area contributed by atoms with Gasteiger partial charge in [0.1, 0.15) is 13.2 Å². The van der Waals surface area contributed by atoms with Crippen molar-refractivity contribution in [1.82, 2.24) is 0 Å². The Morgan fingerprint density at radius 3 is 0.842 bits per heavy atom. The Morgan fingerprint density at radius 1 is 0.316 bits per heavy atom. The van der Waals surface area contributed by atoms with Crippen LogP contribution in [0.3, 0.4) is 0 Å². The molecule has 0 heterocycles. The molecule has 0 aliphatic rings. The summed E-state index contributed by atoms with van der Waals surface area (Å²) in [4.78, 5) is 37.7. The van der Waals surface area contributed by atoms with Gasteiger partial charge in [-0.05, 0) is 141 Å². The maximum atomic E-state index is 13.0. The number of carboxylic acids is 1. The fraction of sp³-hybridized carbons (Fsp3) is 0.593. The van der Waals surface area contributed by atoms with E-state index in [1.54, 1.807) is 0 Å². The average Bonchev–Trinajstić information content (AvgIpc) is 2.92. The quantitative estimate of drug-likeness (QED) is 0.0211. The first-order chi connectivity index (χ1) is 46.6. The first-order valence-corrected chi connectivity index (χ1v) is 37.6. The van der Waals surface area contributed by atoms with Crippen molar-refractivity contribution in [3.8, 4) is 0 Å². The second-order valence-electron chi connectivity index (χ2n) is 25.5. The molecular weight excluding hydrogens is 1170 g/mol. The Morgan fingerprint density at radius 2 is 0.568 bits per heavy atom. The van der Waals surface area contributed by atoms with E-state index in [0.717, 1.165) is 148 Å². The maximum absolute atomic E-state index is 13.0. The molecule has 0 saturated heterocycles. The van der Waals surface area contributed by atoms with Crippen LogP contribution in [0.1, 0.15) is 271 Å². The van der Waals surface area contributed by atoms with Gasteiger partial charge in [0.2, 0.25) is 0 Å². The lowest BCUT2D eigenvalue weighted by Crippen LogP contribution is -2.40. The molecule has 0 aromatic carbocycles. The molecule has 0 aromatic heterocycles. The van der Waals surface area contributed by atoms with Crippen LogP contribution in [0.4, 0.5) is 0 Å². The highest BCUT2D eigenvalue weighted by Gasteiger charge is 2.25. The molecule has 2 unspecified atom stereocenters. The minimum atomic E-state index is -1.53. The van der Waals surface area contributed by atoms with Gasteiger partial charge < -0.3 is 28.5 Å². The zero-order valence-electron chi connectivity index (χ0n) is 61.0. The summed E-state index contributed by atoms with van der Waals surface area (Å²) >= 11 is 0. The number of carboxylic acid groups (broad SMARTS) is 1. The Bertz CT molecular complexity index is 2270. The van der Waals surface area contributed by atoms with Crippen molar-refractivity contribution in [2.75, 3.05) is 47.5 Å². The molecule has 0 aliphatic carbocycles. The van der Waals surface area contributed by atoms with Gasteiger partial charge in [0, 0.05) is 12.8 Å². The number of allylic oxidation sites excluding steroid dienone is 32. The number of hydrogen-bond acceptors (Lipinski definition) is 7. The molecule has 0 aromatic rings. The molecule has 0 bridgehead atoms. The fourth-order valence-electron chi connectivity index (χ4n) is 9.69. The van der Waals surface area contributed by atoms with Gasteiger partial charge in [-0.2, -0.15) is 0 Å². The third-order valence-electron chi connectivity index (χ3n) is 15.3. The molecule has 9 heteroatoms. The highest BCUT2D eigenvalue weighted by molar-refractivity contribution is 5.71. The molecule has 0 aliphatic heterocycles. The van der Waals surface area contributed by atoms with E-state index < -0.39 is 24.3 Å². The molecule has 2 atom stereocenters. The summed E-state index contributed by atoms with van der Waals surface area (Å²) in [5.74, 6) is -2.03. The minimum absolute atomic E-state index is 0.176. The van der Waals surface area contributed by atoms with Crippen LogP contribution in [0, 0.1) is 0 Å². The Kier molecular flexibility index (Phi) is 69.4. The first kappa shape index (κ1) is 89.1. The number of unbranched alkanes of at least 4 members (excludes halogenated alkanes) is 20. The molecule has 534 valence electrons. The predicted molar refractivity (Wildman–Crippen MR) is 409 cm³/mol. The van der Waals surface area contributed by atoms with Crippen LogP contribution < -0.4 is 0 Å². The SMILES string of the molecule is CC/C=C\C/C=C\C/C=C\C/C=C\C/C=C\C/C=C\C/C=C\C/C=C\C/C=C\C/C=C\CCCCCCCCCCC(=O)OC(COC(=O)CCCCCCCCCCCCCC/C=C\C/C=C\C/C=C\C/C=C\C/C=C\C/C=C\CC)COC(OCC[N+](C)(C)C)C(=O)O. The average molecular weight is 1310 g/mol. The number of rotatable bonds is 67. The van der Waals surface area contributed by atoms with Crippen molar-refractivity contribution >= 4 is 17.9 Å². The number of quaternary nitrogens is 1. The van der Waals surface area contributed by atoms with Crippen molar-refractivity contribution in [2.24, 2.45) is 0 Å². The topological polar surface area (TPSA) is 108 Å². The second-order valence-corrected chi connectivity index (χ2v) is 25.5. The lowest BCUT2D eigenvalue weighted by molar-refractivity contribution is -0.870. The molecular formula is C86H138NO8+. The number of likely N-dealkylation sites (N-methyl/N-ethyl adjacent to an activating group) is 1. The van der Waals surface area contributed by atoms with Crippen LogP contribution in [0.25, 0.3) is 0 Å². The summed E-state index contributed by atoms with van der Waals surface area (Å²) in [7, 11) is 5.96. The lowest BCUT2D eigenvalue weighted by Gasteiger charge is -2.25. The molecule has 0 fully saturated rings. The van der Waals surface area contributed by atoms with Crippen LogP contribution in [0.15, 0.2) is 194 Å². The minimum Gasteiger partial charge on any atom is -0.477 e. The van der Waals surface area contributed by atoms with E-state index in [9.17, 15) is 19.5 Å². The van der Waals surface area contributed by atoms with Crippen molar-refractivity contribution in [2.45, 2.75) is 283 Å². The van der Waals surface area contributed by atoms with E-state index in [1.165, 1.54) is 89.9 Å². The summed E-state index contributed by atoms with van der Waals surface area (Å²) in [5, 5.41) is 9.76. The summed E-state index contributed by atoms with van der Waals surface area (Å²) in [6, 6.07) is 0. The van der Waals surface area contributed by atoms with E-state index in [2.05, 4.69) is 208 Å². The van der Waals surface area contributed by atoms with Crippen LogP contribution in [0.2, 0.25) is 0 Å². The standard InChI is InChI=1S/C86H137NO8/c1-6-8-10-12-14-16-18-20-22-24-26-28-30-32-34-36-38-39-40-41-42-43-44-45-47-49-51-53-55-57-59-61-63-65-67-69-71-73-75-77-84(89)95-82(81-94-86(85(90)91)92-79-78-87(3,4)5)80-93-83(88)76-74-72-70-68-66-64-62-60-58-56-54-52-50-48-46-37-35-33-31-29-27-25-23-21-19-17-15-13-11-9-7-2/h8-11,14-17,20-23,26-29,32-35,38-39,41-42,44-46,48-49,51,55,57,82,86H,6-7,12-13,18-19,24-25,30-31,36-37,40,43,47,50,52-54,56,58-81H2,1-5H3/p+1/b10-8-,11-9-,16-14-,17-15-,22-20-,23-21-,28-26-,29-27-,34-32-,35-33-,39-38-,42-41-,45-44-,48-46-,51-49-,57-55-. The zero-order chi connectivity index (χ0) is 69.0. The predicted octanol–water partition coefficient (Wildman–Crippen LogP) is 24.1. The zero-order valence-corrected chi connectivity index (χ0v) is 61.0. The molecule has 0 rings (SSSR count). The van der Waals surface area contributed by atoms with E-state index >= 15 is 0 Å². The van der Waals surface area contributed by atoms with Crippen LogP contribution in [-0.4, -0.2) is 87.4 Å². The van der Waals surface area contributed by atoms with Gasteiger partial charge in [-0.3, -0.25) is 9.59 Å². The van der Waals surface area contributed by atoms with Crippen LogP contribution >= 0.6 is 0 Å². The van der Waals surface area contributed by atoms with Gasteiger partial charge >= 0.3 is 17.9 Å². The number of esters is 2. The number of carbonyl (C=O) groups excluding carboxylic acids is 2. The van der Waals surface area contributed by atoms with E-state index in [4.69, 9.17) is 18.9 Å². The Hall–Kier alpha value is -5.87. The number of ether oxygens (including phenoxy) is 4. The Balaban J connectivity index is 4.18. The summed E-state index contributed by atoms with van der Waals surface area (Å²) in [6.45, 7) is 4.63. The van der Waals surface area contributed by atoms with Crippen molar-refractivity contribution in [1.29, 1.82) is 0 Å². The molecule has 1 N–H and O–H groups in total. The van der Waals surface area contributed by atoms with E-state index in [1.807, 2.05) is 21.1 Å². The van der Waals surface area contributed by atoms with Gasteiger partial charge in [-0.1, -0.05) is 311 Å². The van der Waals surface area contributed by atoms with E-state index in [0.29, 0.717) is 17.4 Å². The molecule has 0 saturated carbocycles. The lowest BCUT2D eigenvalue weighted by atomic mass is 10.0. The van der Waals surface area contributed by atoms with Gasteiger partial charge in [0.05, 0.1) is 34.4 Å². The van der Waals surface area contributed by atoms with Gasteiger partial charge in [0.25, 0.3) is 6.29 Å². The third kappa shape index (κ3) is 75.4. The van der Waals surface area contributed by atoms with Gasteiger partial charge in [-0.25, -0.2) is 4.79 Å². The number of carbonyl (C=O) groups is 3. The fourth-order valence-corrected chi connectivity index (χ4v) is 9.69. The van der Waals surface area contributed by atoms with Crippen molar-refractivity contribution in [3.63, 3.8) is 0 Å². The number of nitrogens with zero attached hydrogens (tertiary/aromatic N) is 1. The summed E-state index contributed by atoms with van der Waals surface area (Å²) in [6.07, 6.45) is 111. The molecule has 9 nitrogen and oxygen atoms in total. The maximum Gasteiger partial charge on any atom is 0.361 e. The molecule has 0 radical (unpaired) electrons. The van der Waals surface area contributed by atoms with Crippen molar-refractivity contribution in [3.05, 3.63) is 194 Å². The highest BCUT2D eigenvalue weighted by Crippen LogP contribution is 2.16. The third-order valence-corrected chi connectivity index (χ3v) is 15.3. The van der Waals surface area contributed by atoms with E-state index in [-0.39, 0.29) is 38.6 Å². The van der Waals surface area contributed by atoms with Gasteiger partial charge in [-0.15, -0.1) is 0 Å². The summed E-state index contributed by atoms with van der Waals surface area (Å²) < 4.78 is 23.0. The molecule has 0 spiro atoms. The van der Waals surface area contributed by atoms with Gasteiger partial charge in [0.15, 0.2) is 6.10 Å². The number of hydrogen-bond donors (Lipinski definition) is 1. The van der Waals surface area contributed by atoms with Crippen molar-refractivity contribution < 1.29 is 42.9 Å². The molecule has 0 amide bonds. The summed E-state index contributed by atoms with van der Waals surface area (Å²) in [5.41, 5.74) is 0. The van der Waals surface area contributed by atoms with Crippen LogP contribution in [-0.2, 0) is 33.3 Å².